The van der Waals surface area contributed by atoms with Crippen LogP contribution in [0.3, 0.4) is 0 Å². The van der Waals surface area contributed by atoms with Crippen LogP contribution in [0.2, 0.25) is 0 Å². The van der Waals surface area contributed by atoms with E-state index in [1.54, 1.807) is 0 Å². The topological polar surface area (TPSA) is 21.3 Å². The summed E-state index contributed by atoms with van der Waals surface area (Å²) in [5.74, 6) is 0.976. The van der Waals surface area contributed by atoms with E-state index in [4.69, 9.17) is 4.74 Å². The lowest BCUT2D eigenvalue weighted by Crippen LogP contribution is -2.16. The van der Waals surface area contributed by atoms with Crippen LogP contribution in [0.1, 0.15) is 30.9 Å². The fraction of sp³-hybridized carbons (Fsp3) is 0.368. The molecule has 2 aromatic carbocycles. The number of benzene rings is 2. The van der Waals surface area contributed by atoms with Crippen LogP contribution in [-0.2, 0) is 13.0 Å². The molecular weight excluding hydrogens is 258 g/mol. The average Bonchev–Trinajstić information content (AvgIpc) is 2.54. The second-order valence-electron chi connectivity index (χ2n) is 5.26. The highest BCUT2D eigenvalue weighted by Crippen LogP contribution is 2.13. The number of rotatable bonds is 9. The summed E-state index contributed by atoms with van der Waals surface area (Å²) in [6.45, 7) is 4.91. The largest absolute Gasteiger partial charge is 0.494 e. The average molecular weight is 283 g/mol. The molecule has 0 bridgehead atoms. The Morgan fingerprint density at radius 2 is 1.67 bits per heavy atom. The van der Waals surface area contributed by atoms with Crippen LogP contribution < -0.4 is 10.1 Å². The van der Waals surface area contributed by atoms with Gasteiger partial charge in [-0.15, -0.1) is 0 Å². The number of hydrogen-bond acceptors (Lipinski definition) is 2. The quantitative estimate of drug-likeness (QED) is 0.696. The van der Waals surface area contributed by atoms with E-state index in [-0.39, 0.29) is 0 Å². The van der Waals surface area contributed by atoms with Crippen LogP contribution in [0, 0.1) is 0 Å². The Bertz CT molecular complexity index is 493. The molecule has 0 unspecified atom stereocenters. The third-order valence-electron chi connectivity index (χ3n) is 3.45. The minimum Gasteiger partial charge on any atom is -0.494 e. The zero-order valence-corrected chi connectivity index (χ0v) is 12.8. The highest BCUT2D eigenvalue weighted by atomic mass is 16.5. The van der Waals surface area contributed by atoms with Crippen molar-refractivity contribution in [2.45, 2.75) is 32.7 Å². The summed E-state index contributed by atoms with van der Waals surface area (Å²) >= 11 is 0. The van der Waals surface area contributed by atoms with Crippen LogP contribution in [-0.4, -0.2) is 13.2 Å². The minimum absolute atomic E-state index is 0.814. The molecule has 0 spiro atoms. The van der Waals surface area contributed by atoms with Crippen molar-refractivity contribution in [3.8, 4) is 5.75 Å². The predicted molar refractivity (Wildman–Crippen MR) is 88.7 cm³/mol. The molecule has 0 radical (unpaired) electrons. The zero-order valence-electron chi connectivity index (χ0n) is 12.8. The summed E-state index contributed by atoms with van der Waals surface area (Å²) < 4.78 is 5.67. The molecule has 0 amide bonds. The summed E-state index contributed by atoms with van der Waals surface area (Å²) in [4.78, 5) is 0. The van der Waals surface area contributed by atoms with Gasteiger partial charge in [0, 0.05) is 6.54 Å². The van der Waals surface area contributed by atoms with Gasteiger partial charge in [0.1, 0.15) is 5.75 Å². The standard InChI is InChI=1S/C19H25NO/c1-2-3-15-21-19-11-9-17(10-12-19)13-14-20-16-18-7-5-4-6-8-18/h4-12,20H,2-3,13-16H2,1H3. The Hall–Kier alpha value is -1.80. The summed E-state index contributed by atoms with van der Waals surface area (Å²) in [5, 5.41) is 3.48. The Morgan fingerprint density at radius 3 is 2.38 bits per heavy atom. The second-order valence-corrected chi connectivity index (χ2v) is 5.26. The highest BCUT2D eigenvalue weighted by Gasteiger charge is 1.96. The smallest absolute Gasteiger partial charge is 0.119 e. The van der Waals surface area contributed by atoms with Crippen molar-refractivity contribution in [3.05, 3.63) is 65.7 Å². The van der Waals surface area contributed by atoms with E-state index in [1.165, 1.54) is 17.5 Å². The summed E-state index contributed by atoms with van der Waals surface area (Å²) in [6, 6.07) is 19.0. The predicted octanol–water partition coefficient (Wildman–Crippen LogP) is 4.20. The molecular formula is C19H25NO. The first-order valence-electron chi connectivity index (χ1n) is 7.85. The van der Waals surface area contributed by atoms with E-state index in [0.29, 0.717) is 0 Å². The lowest BCUT2D eigenvalue weighted by atomic mass is 10.1. The first-order valence-corrected chi connectivity index (χ1v) is 7.85. The SMILES string of the molecule is CCCCOc1ccc(CCNCc2ccccc2)cc1. The molecule has 0 atom stereocenters. The molecule has 0 aromatic heterocycles. The van der Waals surface area contributed by atoms with Gasteiger partial charge in [-0.1, -0.05) is 55.8 Å². The molecule has 0 saturated heterocycles. The van der Waals surface area contributed by atoms with Gasteiger partial charge in [-0.3, -0.25) is 0 Å². The van der Waals surface area contributed by atoms with Crippen LogP contribution in [0.25, 0.3) is 0 Å². The van der Waals surface area contributed by atoms with Gasteiger partial charge < -0.3 is 10.1 Å². The van der Waals surface area contributed by atoms with E-state index in [1.807, 2.05) is 6.07 Å². The summed E-state index contributed by atoms with van der Waals surface area (Å²) in [5.41, 5.74) is 2.68. The van der Waals surface area contributed by atoms with Crippen LogP contribution in [0.15, 0.2) is 54.6 Å². The maximum atomic E-state index is 5.67. The Labute approximate surface area is 128 Å². The third-order valence-corrected chi connectivity index (χ3v) is 3.45. The third kappa shape index (κ3) is 6.01. The van der Waals surface area contributed by atoms with Gasteiger partial charge in [0.05, 0.1) is 6.61 Å². The lowest BCUT2D eigenvalue weighted by molar-refractivity contribution is 0.309. The second kappa shape index (κ2) is 9.19. The van der Waals surface area contributed by atoms with E-state index < -0.39 is 0 Å². The van der Waals surface area contributed by atoms with Gasteiger partial charge >= 0.3 is 0 Å². The fourth-order valence-electron chi connectivity index (χ4n) is 2.15. The van der Waals surface area contributed by atoms with E-state index >= 15 is 0 Å². The number of nitrogens with one attached hydrogen (secondary N) is 1. The molecule has 1 N–H and O–H groups in total. The number of ether oxygens (including phenoxy) is 1. The first-order chi connectivity index (χ1) is 10.4. The van der Waals surface area contributed by atoms with E-state index in [2.05, 4.69) is 60.8 Å². The first kappa shape index (κ1) is 15.6. The Morgan fingerprint density at radius 1 is 0.905 bits per heavy atom. The van der Waals surface area contributed by atoms with E-state index in [9.17, 15) is 0 Å². The molecule has 0 fully saturated rings. The molecule has 112 valence electrons. The number of unbranched alkanes of at least 4 members (excludes halogenated alkanes) is 1. The molecule has 2 aromatic rings. The Balaban J connectivity index is 1.66. The fourth-order valence-corrected chi connectivity index (χ4v) is 2.15. The van der Waals surface area contributed by atoms with Crippen molar-refractivity contribution in [2.75, 3.05) is 13.2 Å². The molecule has 0 aliphatic heterocycles. The van der Waals surface area contributed by atoms with Crippen LogP contribution >= 0.6 is 0 Å². The van der Waals surface area contributed by atoms with Crippen LogP contribution in [0.5, 0.6) is 5.75 Å². The minimum atomic E-state index is 0.814. The van der Waals surface area contributed by atoms with Gasteiger partial charge in [0.2, 0.25) is 0 Å². The molecule has 0 aliphatic rings. The Kier molecular flexibility index (Phi) is 6.82. The lowest BCUT2D eigenvalue weighted by Gasteiger charge is -2.07. The van der Waals surface area contributed by atoms with Crippen LogP contribution in [0.4, 0.5) is 0 Å². The van der Waals surface area contributed by atoms with Crippen molar-refractivity contribution in [2.24, 2.45) is 0 Å². The summed E-state index contributed by atoms with van der Waals surface area (Å²) in [7, 11) is 0. The van der Waals surface area contributed by atoms with Crippen molar-refractivity contribution in [3.63, 3.8) is 0 Å². The van der Waals surface area contributed by atoms with E-state index in [0.717, 1.165) is 38.3 Å². The maximum Gasteiger partial charge on any atom is 0.119 e. The van der Waals surface area contributed by atoms with Gasteiger partial charge in [-0.05, 0) is 42.6 Å². The molecule has 2 nitrogen and oxygen atoms in total. The van der Waals surface area contributed by atoms with Gasteiger partial charge in [-0.25, -0.2) is 0 Å². The molecule has 2 rings (SSSR count). The van der Waals surface area contributed by atoms with Gasteiger partial charge in [-0.2, -0.15) is 0 Å². The van der Waals surface area contributed by atoms with Crippen molar-refractivity contribution in [1.82, 2.24) is 5.32 Å². The normalized spacial score (nSPS) is 10.5. The van der Waals surface area contributed by atoms with Gasteiger partial charge in [0.25, 0.3) is 0 Å². The maximum absolute atomic E-state index is 5.67. The molecule has 0 heterocycles. The van der Waals surface area contributed by atoms with Crippen molar-refractivity contribution in [1.29, 1.82) is 0 Å². The highest BCUT2D eigenvalue weighted by molar-refractivity contribution is 5.27. The van der Waals surface area contributed by atoms with Gasteiger partial charge in [0.15, 0.2) is 0 Å². The van der Waals surface area contributed by atoms with Crippen molar-refractivity contribution < 1.29 is 4.74 Å². The molecule has 21 heavy (non-hydrogen) atoms. The van der Waals surface area contributed by atoms with Crippen molar-refractivity contribution >= 4 is 0 Å². The molecule has 0 aliphatic carbocycles. The number of hydrogen-bond donors (Lipinski definition) is 1. The monoisotopic (exact) mass is 283 g/mol. The molecule has 2 heteroatoms. The summed E-state index contributed by atoms with van der Waals surface area (Å²) in [6.07, 6.45) is 3.33. The molecule has 0 saturated carbocycles. The zero-order chi connectivity index (χ0) is 14.8.